The maximum absolute atomic E-state index is 13.8. The molecule has 0 saturated heterocycles. The molecule has 3 aromatic rings. The molecule has 0 aliphatic rings. The summed E-state index contributed by atoms with van der Waals surface area (Å²) < 4.78 is 19.5. The van der Waals surface area contributed by atoms with Crippen LogP contribution in [0.4, 0.5) is 4.39 Å². The van der Waals surface area contributed by atoms with Crippen LogP contribution in [0.5, 0.6) is 0 Å². The van der Waals surface area contributed by atoms with E-state index in [9.17, 15) is 4.39 Å². The largest absolute Gasteiger partial charge is 0.461 e. The first-order valence-electron chi connectivity index (χ1n) is 6.16. The lowest BCUT2D eigenvalue weighted by molar-refractivity contribution is 0.541. The third-order valence-electron chi connectivity index (χ3n) is 3.14. The SMILES string of the molecule is Cc1oc(-c2ccccc2F)cc1-c1ccccc1. The van der Waals surface area contributed by atoms with Gasteiger partial charge in [-0.2, -0.15) is 0 Å². The van der Waals surface area contributed by atoms with Crippen molar-refractivity contribution in [1.82, 2.24) is 0 Å². The van der Waals surface area contributed by atoms with Gasteiger partial charge in [-0.25, -0.2) is 4.39 Å². The van der Waals surface area contributed by atoms with Gasteiger partial charge in [0.05, 0.1) is 5.56 Å². The van der Waals surface area contributed by atoms with Gasteiger partial charge >= 0.3 is 0 Å². The average Bonchev–Trinajstić information content (AvgIpc) is 2.82. The van der Waals surface area contributed by atoms with Gasteiger partial charge in [-0.05, 0) is 30.7 Å². The van der Waals surface area contributed by atoms with Gasteiger partial charge in [0.1, 0.15) is 17.3 Å². The zero-order chi connectivity index (χ0) is 13.2. The Morgan fingerprint density at radius 2 is 1.53 bits per heavy atom. The van der Waals surface area contributed by atoms with Gasteiger partial charge in [0.15, 0.2) is 0 Å². The molecule has 19 heavy (non-hydrogen) atoms. The van der Waals surface area contributed by atoms with Gasteiger partial charge < -0.3 is 4.42 Å². The molecule has 1 aromatic heterocycles. The van der Waals surface area contributed by atoms with Crippen molar-refractivity contribution in [3.05, 3.63) is 72.2 Å². The minimum Gasteiger partial charge on any atom is -0.461 e. The summed E-state index contributed by atoms with van der Waals surface area (Å²) in [5.74, 6) is 1.09. The Balaban J connectivity index is 2.10. The molecule has 0 aliphatic carbocycles. The number of rotatable bonds is 2. The highest BCUT2D eigenvalue weighted by molar-refractivity contribution is 5.72. The van der Waals surface area contributed by atoms with E-state index in [0.29, 0.717) is 11.3 Å². The van der Waals surface area contributed by atoms with Crippen molar-refractivity contribution < 1.29 is 8.81 Å². The molecule has 0 spiro atoms. The number of benzene rings is 2. The van der Waals surface area contributed by atoms with Crippen molar-refractivity contribution in [3.8, 4) is 22.5 Å². The molecule has 3 rings (SSSR count). The monoisotopic (exact) mass is 252 g/mol. The molecule has 0 fully saturated rings. The highest BCUT2D eigenvalue weighted by Gasteiger charge is 2.13. The van der Waals surface area contributed by atoms with Crippen LogP contribution in [0.3, 0.4) is 0 Å². The third kappa shape index (κ3) is 2.17. The van der Waals surface area contributed by atoms with Crippen LogP contribution in [0.15, 0.2) is 65.1 Å². The van der Waals surface area contributed by atoms with Crippen LogP contribution in [0.2, 0.25) is 0 Å². The highest BCUT2D eigenvalue weighted by atomic mass is 19.1. The summed E-state index contributed by atoms with van der Waals surface area (Å²) in [6.45, 7) is 1.90. The molecule has 0 bridgehead atoms. The number of furan rings is 1. The van der Waals surface area contributed by atoms with Gasteiger partial charge in [0.25, 0.3) is 0 Å². The minimum atomic E-state index is -0.268. The first kappa shape index (κ1) is 11.7. The zero-order valence-corrected chi connectivity index (χ0v) is 10.6. The molecule has 1 heterocycles. The molecule has 0 unspecified atom stereocenters. The van der Waals surface area contributed by atoms with E-state index in [1.807, 2.05) is 43.3 Å². The van der Waals surface area contributed by atoms with E-state index < -0.39 is 0 Å². The minimum absolute atomic E-state index is 0.268. The summed E-state index contributed by atoms with van der Waals surface area (Å²) in [6, 6.07) is 18.5. The van der Waals surface area contributed by atoms with Crippen LogP contribution in [-0.2, 0) is 0 Å². The van der Waals surface area contributed by atoms with Crippen molar-refractivity contribution in [2.75, 3.05) is 0 Å². The summed E-state index contributed by atoms with van der Waals surface area (Å²) in [5.41, 5.74) is 2.57. The first-order chi connectivity index (χ1) is 9.25. The normalized spacial score (nSPS) is 10.6. The first-order valence-corrected chi connectivity index (χ1v) is 6.16. The highest BCUT2D eigenvalue weighted by Crippen LogP contribution is 2.32. The Morgan fingerprint density at radius 1 is 0.842 bits per heavy atom. The summed E-state index contributed by atoms with van der Waals surface area (Å²) in [6.07, 6.45) is 0. The Morgan fingerprint density at radius 3 is 2.26 bits per heavy atom. The van der Waals surface area contributed by atoms with Crippen molar-refractivity contribution in [1.29, 1.82) is 0 Å². The van der Waals surface area contributed by atoms with E-state index in [-0.39, 0.29) is 5.82 Å². The summed E-state index contributed by atoms with van der Waals surface area (Å²) in [4.78, 5) is 0. The van der Waals surface area contributed by atoms with Crippen LogP contribution < -0.4 is 0 Å². The molecule has 0 amide bonds. The molecule has 0 aliphatic heterocycles. The van der Waals surface area contributed by atoms with Gasteiger partial charge in [0, 0.05) is 5.56 Å². The second-order valence-electron chi connectivity index (χ2n) is 4.43. The molecule has 0 radical (unpaired) electrons. The Hall–Kier alpha value is -2.35. The second kappa shape index (κ2) is 4.73. The van der Waals surface area contributed by atoms with Crippen LogP contribution in [-0.4, -0.2) is 0 Å². The maximum Gasteiger partial charge on any atom is 0.137 e. The van der Waals surface area contributed by atoms with Crippen molar-refractivity contribution in [3.63, 3.8) is 0 Å². The van der Waals surface area contributed by atoms with E-state index in [1.165, 1.54) is 6.07 Å². The summed E-state index contributed by atoms with van der Waals surface area (Å²) >= 11 is 0. The van der Waals surface area contributed by atoms with E-state index in [2.05, 4.69) is 0 Å². The predicted octanol–water partition coefficient (Wildman–Crippen LogP) is 5.06. The molecule has 94 valence electrons. The van der Waals surface area contributed by atoms with Gasteiger partial charge in [0.2, 0.25) is 0 Å². The van der Waals surface area contributed by atoms with E-state index in [4.69, 9.17) is 4.42 Å². The lowest BCUT2D eigenvalue weighted by atomic mass is 10.1. The Kier molecular flexibility index (Phi) is 2.92. The molecule has 1 nitrogen and oxygen atoms in total. The van der Waals surface area contributed by atoms with E-state index in [1.54, 1.807) is 18.2 Å². The van der Waals surface area contributed by atoms with Gasteiger partial charge in [-0.15, -0.1) is 0 Å². The van der Waals surface area contributed by atoms with Gasteiger partial charge in [-0.3, -0.25) is 0 Å². The number of hydrogen-bond acceptors (Lipinski definition) is 1. The molecule has 0 atom stereocenters. The fourth-order valence-electron chi connectivity index (χ4n) is 2.18. The molecule has 2 heteroatoms. The molecule has 0 saturated carbocycles. The number of aryl methyl sites for hydroxylation is 1. The Labute approximate surface area is 111 Å². The summed E-state index contributed by atoms with van der Waals surface area (Å²) in [7, 11) is 0. The van der Waals surface area contributed by atoms with Crippen molar-refractivity contribution >= 4 is 0 Å². The lowest BCUT2D eigenvalue weighted by Gasteiger charge is -1.97. The van der Waals surface area contributed by atoms with Crippen molar-refractivity contribution in [2.45, 2.75) is 6.92 Å². The van der Waals surface area contributed by atoms with Crippen LogP contribution in [0.1, 0.15) is 5.76 Å². The summed E-state index contributed by atoms with van der Waals surface area (Å²) in [5, 5.41) is 0. The average molecular weight is 252 g/mol. The second-order valence-corrected chi connectivity index (χ2v) is 4.43. The standard InChI is InChI=1S/C17H13FO/c1-12-15(13-7-3-2-4-8-13)11-17(19-12)14-9-5-6-10-16(14)18/h2-11H,1H3. The molecular weight excluding hydrogens is 239 g/mol. The van der Waals surface area contributed by atoms with Crippen LogP contribution >= 0.6 is 0 Å². The molecule has 0 N–H and O–H groups in total. The smallest absolute Gasteiger partial charge is 0.137 e. The third-order valence-corrected chi connectivity index (χ3v) is 3.14. The fourth-order valence-corrected chi connectivity index (χ4v) is 2.18. The fraction of sp³-hybridized carbons (Fsp3) is 0.0588. The molecular formula is C17H13FO. The lowest BCUT2D eigenvalue weighted by Crippen LogP contribution is -1.79. The number of halogens is 1. The van der Waals surface area contributed by atoms with Crippen molar-refractivity contribution in [2.24, 2.45) is 0 Å². The number of hydrogen-bond donors (Lipinski definition) is 0. The van der Waals surface area contributed by atoms with E-state index >= 15 is 0 Å². The van der Waals surface area contributed by atoms with Gasteiger partial charge in [-0.1, -0.05) is 42.5 Å². The predicted molar refractivity (Wildman–Crippen MR) is 74.3 cm³/mol. The maximum atomic E-state index is 13.8. The topological polar surface area (TPSA) is 13.1 Å². The van der Waals surface area contributed by atoms with Crippen LogP contribution in [0, 0.1) is 12.7 Å². The van der Waals surface area contributed by atoms with Crippen LogP contribution in [0.25, 0.3) is 22.5 Å². The zero-order valence-electron chi connectivity index (χ0n) is 10.6. The quantitative estimate of drug-likeness (QED) is 0.621. The Bertz CT molecular complexity index is 698. The van der Waals surface area contributed by atoms with E-state index in [0.717, 1.165) is 16.9 Å². The molecule has 2 aromatic carbocycles.